The molecule has 1 aromatic carbocycles. The van der Waals surface area contributed by atoms with E-state index in [9.17, 15) is 4.79 Å². The van der Waals surface area contributed by atoms with E-state index in [-0.39, 0.29) is 12.1 Å². The monoisotopic (exact) mass is 252 g/mol. The molecule has 0 amide bonds. The highest BCUT2D eigenvalue weighted by Gasteiger charge is 2.13. The maximum atomic E-state index is 11.4. The summed E-state index contributed by atoms with van der Waals surface area (Å²) in [5.74, 6) is 0.799. The molecule has 4 nitrogen and oxygen atoms in total. The highest BCUT2D eigenvalue weighted by atomic mass is 16.5. The molecular formula is C14H20O4. The van der Waals surface area contributed by atoms with Crippen molar-refractivity contribution >= 4 is 5.97 Å². The van der Waals surface area contributed by atoms with Crippen LogP contribution in [0.1, 0.15) is 37.0 Å². The highest BCUT2D eigenvalue weighted by molar-refractivity contribution is 5.90. The number of carbonyl (C=O) groups is 1. The van der Waals surface area contributed by atoms with E-state index in [1.807, 2.05) is 6.92 Å². The van der Waals surface area contributed by atoms with Crippen LogP contribution in [-0.4, -0.2) is 26.3 Å². The summed E-state index contributed by atoms with van der Waals surface area (Å²) in [6.45, 7) is 4.12. The fourth-order valence-corrected chi connectivity index (χ4v) is 1.69. The zero-order valence-corrected chi connectivity index (χ0v) is 11.4. The van der Waals surface area contributed by atoms with Gasteiger partial charge in [0.2, 0.25) is 0 Å². The van der Waals surface area contributed by atoms with Gasteiger partial charge in [0.1, 0.15) is 0 Å². The number of rotatable bonds is 6. The van der Waals surface area contributed by atoms with Crippen LogP contribution in [0.15, 0.2) is 18.2 Å². The van der Waals surface area contributed by atoms with E-state index in [0.717, 1.165) is 12.8 Å². The molecular weight excluding hydrogens is 232 g/mol. The van der Waals surface area contributed by atoms with Gasteiger partial charge in [0.15, 0.2) is 11.5 Å². The van der Waals surface area contributed by atoms with Crippen molar-refractivity contribution in [2.45, 2.75) is 32.8 Å². The number of hydrogen-bond donors (Lipinski definition) is 0. The van der Waals surface area contributed by atoms with Crippen molar-refractivity contribution in [3.8, 4) is 11.5 Å². The maximum Gasteiger partial charge on any atom is 0.337 e. The second-order valence-electron chi connectivity index (χ2n) is 4.07. The number of esters is 1. The first kappa shape index (κ1) is 14.4. The normalized spacial score (nSPS) is 11.8. The number of methoxy groups -OCH3 is 2. The zero-order chi connectivity index (χ0) is 13.5. The second kappa shape index (κ2) is 6.89. The number of hydrogen-bond acceptors (Lipinski definition) is 4. The Bertz CT molecular complexity index is 401. The minimum absolute atomic E-state index is 0.118. The van der Waals surface area contributed by atoms with Gasteiger partial charge in [0, 0.05) is 0 Å². The third-order valence-corrected chi connectivity index (χ3v) is 2.61. The van der Waals surface area contributed by atoms with Crippen LogP contribution >= 0.6 is 0 Å². The number of ether oxygens (including phenoxy) is 3. The SMILES string of the molecule is CCCC(C)Oc1ccc(C(=O)OC)cc1OC. The molecule has 0 N–H and O–H groups in total. The average molecular weight is 252 g/mol. The average Bonchev–Trinajstić information content (AvgIpc) is 2.38. The van der Waals surface area contributed by atoms with Crippen molar-refractivity contribution in [1.82, 2.24) is 0 Å². The summed E-state index contributed by atoms with van der Waals surface area (Å²) < 4.78 is 15.7. The van der Waals surface area contributed by atoms with Gasteiger partial charge in [0.25, 0.3) is 0 Å². The topological polar surface area (TPSA) is 44.8 Å². The van der Waals surface area contributed by atoms with Crippen LogP contribution in [0.5, 0.6) is 11.5 Å². The van der Waals surface area contributed by atoms with Crippen LogP contribution in [-0.2, 0) is 4.74 Å². The summed E-state index contributed by atoms with van der Waals surface area (Å²) in [6.07, 6.45) is 2.15. The van der Waals surface area contributed by atoms with Crippen molar-refractivity contribution < 1.29 is 19.0 Å². The lowest BCUT2D eigenvalue weighted by Gasteiger charge is -2.16. The first-order chi connectivity index (χ1) is 8.62. The minimum atomic E-state index is -0.388. The fraction of sp³-hybridized carbons (Fsp3) is 0.500. The van der Waals surface area contributed by atoms with E-state index < -0.39 is 0 Å². The zero-order valence-electron chi connectivity index (χ0n) is 11.4. The first-order valence-corrected chi connectivity index (χ1v) is 6.05. The molecule has 1 unspecified atom stereocenters. The molecule has 0 aliphatic heterocycles. The van der Waals surface area contributed by atoms with Crippen molar-refractivity contribution in [3.05, 3.63) is 23.8 Å². The molecule has 0 spiro atoms. The molecule has 0 radical (unpaired) electrons. The lowest BCUT2D eigenvalue weighted by molar-refractivity contribution is 0.0600. The Kier molecular flexibility index (Phi) is 5.49. The van der Waals surface area contributed by atoms with E-state index in [4.69, 9.17) is 9.47 Å². The Morgan fingerprint density at radius 1 is 1.28 bits per heavy atom. The predicted octanol–water partition coefficient (Wildman–Crippen LogP) is 3.05. The third-order valence-electron chi connectivity index (χ3n) is 2.61. The Balaban J connectivity index is 2.89. The van der Waals surface area contributed by atoms with E-state index in [1.54, 1.807) is 25.3 Å². The van der Waals surface area contributed by atoms with Gasteiger partial charge < -0.3 is 14.2 Å². The molecule has 0 aliphatic carbocycles. The van der Waals surface area contributed by atoms with Crippen LogP contribution < -0.4 is 9.47 Å². The molecule has 4 heteroatoms. The summed E-state index contributed by atoms with van der Waals surface area (Å²) >= 11 is 0. The quantitative estimate of drug-likeness (QED) is 0.730. The Hall–Kier alpha value is -1.71. The van der Waals surface area contributed by atoms with Crippen LogP contribution in [0.25, 0.3) is 0 Å². The lowest BCUT2D eigenvalue weighted by Crippen LogP contribution is -2.12. The summed E-state index contributed by atoms with van der Waals surface area (Å²) in [5, 5.41) is 0. The van der Waals surface area contributed by atoms with Gasteiger partial charge in [-0.15, -0.1) is 0 Å². The minimum Gasteiger partial charge on any atom is -0.493 e. The fourth-order valence-electron chi connectivity index (χ4n) is 1.69. The van der Waals surface area contributed by atoms with Crippen LogP contribution in [0.2, 0.25) is 0 Å². The summed E-state index contributed by atoms with van der Waals surface area (Å²) in [5.41, 5.74) is 0.449. The first-order valence-electron chi connectivity index (χ1n) is 6.05. The van der Waals surface area contributed by atoms with Gasteiger partial charge >= 0.3 is 5.97 Å². The van der Waals surface area contributed by atoms with Gasteiger partial charge in [-0.2, -0.15) is 0 Å². The summed E-state index contributed by atoms with van der Waals surface area (Å²) in [6, 6.07) is 5.03. The molecule has 0 aromatic heterocycles. The molecule has 0 bridgehead atoms. The van der Waals surface area contributed by atoms with Crippen LogP contribution in [0.3, 0.4) is 0 Å². The van der Waals surface area contributed by atoms with E-state index in [1.165, 1.54) is 7.11 Å². The van der Waals surface area contributed by atoms with Crippen molar-refractivity contribution in [3.63, 3.8) is 0 Å². The molecule has 1 aromatic rings. The van der Waals surface area contributed by atoms with Gasteiger partial charge in [-0.1, -0.05) is 13.3 Å². The molecule has 18 heavy (non-hydrogen) atoms. The molecule has 100 valence electrons. The van der Waals surface area contributed by atoms with Gasteiger partial charge in [-0.3, -0.25) is 0 Å². The molecule has 0 aliphatic rings. The van der Waals surface area contributed by atoms with Crippen LogP contribution in [0.4, 0.5) is 0 Å². The lowest BCUT2D eigenvalue weighted by atomic mass is 10.2. The smallest absolute Gasteiger partial charge is 0.337 e. The van der Waals surface area contributed by atoms with E-state index in [2.05, 4.69) is 11.7 Å². The summed E-state index contributed by atoms with van der Waals surface area (Å²) in [7, 11) is 2.90. The Morgan fingerprint density at radius 2 is 2.00 bits per heavy atom. The van der Waals surface area contributed by atoms with E-state index >= 15 is 0 Å². The van der Waals surface area contributed by atoms with Gasteiger partial charge in [-0.05, 0) is 31.5 Å². The standard InChI is InChI=1S/C14H20O4/c1-5-6-10(2)18-12-8-7-11(14(15)17-4)9-13(12)16-3/h7-10H,5-6H2,1-4H3. The molecule has 1 rings (SSSR count). The second-order valence-corrected chi connectivity index (χ2v) is 4.07. The third kappa shape index (κ3) is 3.65. The number of benzene rings is 1. The highest BCUT2D eigenvalue weighted by Crippen LogP contribution is 2.29. The van der Waals surface area contributed by atoms with Crippen molar-refractivity contribution in [2.75, 3.05) is 14.2 Å². The van der Waals surface area contributed by atoms with Crippen LogP contribution in [0, 0.1) is 0 Å². The maximum absolute atomic E-state index is 11.4. The predicted molar refractivity (Wildman–Crippen MR) is 69.3 cm³/mol. The van der Waals surface area contributed by atoms with Crippen molar-refractivity contribution in [1.29, 1.82) is 0 Å². The molecule has 0 fully saturated rings. The largest absolute Gasteiger partial charge is 0.493 e. The Labute approximate surface area is 108 Å². The Morgan fingerprint density at radius 3 is 2.56 bits per heavy atom. The molecule has 0 saturated heterocycles. The van der Waals surface area contributed by atoms with Gasteiger partial charge in [-0.25, -0.2) is 4.79 Å². The van der Waals surface area contributed by atoms with Crippen molar-refractivity contribution in [2.24, 2.45) is 0 Å². The number of carbonyl (C=O) groups excluding carboxylic acids is 1. The molecule has 0 saturated carbocycles. The summed E-state index contributed by atoms with van der Waals surface area (Å²) in [4.78, 5) is 11.4. The van der Waals surface area contributed by atoms with Gasteiger partial charge in [0.05, 0.1) is 25.9 Å². The molecule has 0 heterocycles. The molecule has 1 atom stereocenters. The van der Waals surface area contributed by atoms with E-state index in [0.29, 0.717) is 17.1 Å².